The predicted molar refractivity (Wildman–Crippen MR) is 59.1 cm³/mol. The van der Waals surface area contributed by atoms with Crippen molar-refractivity contribution in [2.45, 2.75) is 26.8 Å². The van der Waals surface area contributed by atoms with Crippen molar-refractivity contribution >= 4 is 16.2 Å². The summed E-state index contributed by atoms with van der Waals surface area (Å²) >= 11 is 0. The summed E-state index contributed by atoms with van der Waals surface area (Å²) in [6, 6.07) is -0.191. The Morgan fingerprint density at radius 3 is 2.38 bits per heavy atom. The van der Waals surface area contributed by atoms with Gasteiger partial charge in [0.25, 0.3) is 10.2 Å². The Hall–Kier alpha value is -0.660. The number of nitrogens with zero attached hydrogens (tertiary/aromatic N) is 1. The van der Waals surface area contributed by atoms with Crippen LogP contribution >= 0.6 is 0 Å². The second-order valence-electron chi connectivity index (χ2n) is 4.52. The van der Waals surface area contributed by atoms with Crippen LogP contribution in [0.2, 0.25) is 0 Å². The molecular weight excluding hydrogens is 232 g/mol. The summed E-state index contributed by atoms with van der Waals surface area (Å²) in [6.45, 7) is 5.53. The zero-order valence-electron chi connectivity index (χ0n) is 9.67. The minimum Gasteiger partial charge on any atom is -0.481 e. The van der Waals surface area contributed by atoms with E-state index in [0.29, 0.717) is 0 Å². The van der Waals surface area contributed by atoms with Crippen molar-refractivity contribution in [2.75, 3.05) is 13.1 Å². The van der Waals surface area contributed by atoms with Crippen molar-refractivity contribution < 1.29 is 18.3 Å². The first-order valence-electron chi connectivity index (χ1n) is 5.24. The lowest BCUT2D eigenvalue weighted by Crippen LogP contribution is -2.42. The normalized spacial score (nSPS) is 27.5. The molecule has 2 N–H and O–H groups in total. The predicted octanol–water partition coefficient (Wildman–Crippen LogP) is -0.118. The summed E-state index contributed by atoms with van der Waals surface area (Å²) in [5.74, 6) is -1.69. The molecule has 0 aromatic carbocycles. The van der Waals surface area contributed by atoms with E-state index in [-0.39, 0.29) is 25.0 Å². The largest absolute Gasteiger partial charge is 0.481 e. The van der Waals surface area contributed by atoms with Crippen molar-refractivity contribution in [3.8, 4) is 0 Å². The van der Waals surface area contributed by atoms with E-state index < -0.39 is 22.1 Å². The lowest BCUT2D eigenvalue weighted by atomic mass is 9.99. The van der Waals surface area contributed by atoms with E-state index in [0.717, 1.165) is 0 Å². The molecule has 2 unspecified atom stereocenters. The molecule has 1 aliphatic rings. The number of hydrogen-bond acceptors (Lipinski definition) is 3. The molecule has 16 heavy (non-hydrogen) atoms. The van der Waals surface area contributed by atoms with E-state index in [2.05, 4.69) is 4.72 Å². The number of carboxylic acids is 1. The Morgan fingerprint density at radius 2 is 2.00 bits per heavy atom. The highest BCUT2D eigenvalue weighted by molar-refractivity contribution is 7.87. The number of aliphatic carboxylic acids is 1. The van der Waals surface area contributed by atoms with Crippen LogP contribution in [0.5, 0.6) is 0 Å². The molecule has 6 nitrogen and oxygen atoms in total. The molecule has 0 bridgehead atoms. The highest BCUT2D eigenvalue weighted by Crippen LogP contribution is 2.24. The maximum Gasteiger partial charge on any atom is 0.308 e. The fraction of sp³-hybridized carbons (Fsp3) is 0.889. The Morgan fingerprint density at radius 1 is 1.44 bits per heavy atom. The first kappa shape index (κ1) is 13.4. The second-order valence-corrected chi connectivity index (χ2v) is 6.22. The lowest BCUT2D eigenvalue weighted by Gasteiger charge is -2.18. The minimum absolute atomic E-state index is 0.0541. The lowest BCUT2D eigenvalue weighted by molar-refractivity contribution is -0.142. The SMILES string of the molecule is CC(C)NS(=O)(=O)N1CC(C)C(C(=O)O)C1. The van der Waals surface area contributed by atoms with Crippen LogP contribution in [0.15, 0.2) is 0 Å². The first-order valence-corrected chi connectivity index (χ1v) is 6.68. The molecule has 7 heteroatoms. The number of rotatable bonds is 4. The Balaban J connectivity index is 2.75. The Kier molecular flexibility index (Phi) is 3.92. The maximum atomic E-state index is 11.8. The average molecular weight is 250 g/mol. The van der Waals surface area contributed by atoms with Gasteiger partial charge in [0.15, 0.2) is 0 Å². The molecular formula is C9H18N2O4S. The standard InChI is InChI=1S/C9H18N2O4S/c1-6(2)10-16(14,15)11-4-7(3)8(5-11)9(12)13/h6-8,10H,4-5H2,1-3H3,(H,12,13). The summed E-state index contributed by atoms with van der Waals surface area (Å²) in [5.41, 5.74) is 0. The highest BCUT2D eigenvalue weighted by Gasteiger charge is 2.40. The van der Waals surface area contributed by atoms with Gasteiger partial charge in [-0.1, -0.05) is 6.92 Å². The van der Waals surface area contributed by atoms with Gasteiger partial charge in [-0.05, 0) is 19.8 Å². The molecule has 0 saturated carbocycles. The smallest absolute Gasteiger partial charge is 0.308 e. The van der Waals surface area contributed by atoms with Crippen LogP contribution < -0.4 is 4.72 Å². The molecule has 0 amide bonds. The zero-order chi connectivity index (χ0) is 12.5. The molecule has 2 atom stereocenters. The number of carbonyl (C=O) groups is 1. The van der Waals surface area contributed by atoms with Crippen LogP contribution in [0, 0.1) is 11.8 Å². The van der Waals surface area contributed by atoms with Gasteiger partial charge < -0.3 is 5.11 Å². The summed E-state index contributed by atoms with van der Waals surface area (Å²) in [5, 5.41) is 8.91. The maximum absolute atomic E-state index is 11.8. The van der Waals surface area contributed by atoms with Gasteiger partial charge in [0.05, 0.1) is 5.92 Å². The van der Waals surface area contributed by atoms with Crippen LogP contribution in [-0.2, 0) is 15.0 Å². The topological polar surface area (TPSA) is 86.7 Å². The van der Waals surface area contributed by atoms with Crippen molar-refractivity contribution in [3.05, 3.63) is 0 Å². The number of nitrogens with one attached hydrogen (secondary N) is 1. The average Bonchev–Trinajstić information content (AvgIpc) is 2.45. The molecule has 1 heterocycles. The number of carboxylic acid groups (broad SMARTS) is 1. The molecule has 0 aliphatic carbocycles. The van der Waals surface area contributed by atoms with Gasteiger partial charge in [-0.2, -0.15) is 17.4 Å². The van der Waals surface area contributed by atoms with Crippen molar-refractivity contribution in [3.63, 3.8) is 0 Å². The zero-order valence-corrected chi connectivity index (χ0v) is 10.5. The molecule has 0 aromatic rings. The van der Waals surface area contributed by atoms with Crippen LogP contribution in [0.1, 0.15) is 20.8 Å². The molecule has 0 aromatic heterocycles. The van der Waals surface area contributed by atoms with E-state index in [1.165, 1.54) is 4.31 Å². The minimum atomic E-state index is -3.54. The third-order valence-electron chi connectivity index (χ3n) is 2.62. The van der Waals surface area contributed by atoms with Gasteiger partial charge in [-0.15, -0.1) is 0 Å². The van der Waals surface area contributed by atoms with Crippen LogP contribution in [-0.4, -0.2) is 42.9 Å². The first-order chi connectivity index (χ1) is 7.24. The quantitative estimate of drug-likeness (QED) is 0.728. The second kappa shape index (κ2) is 4.68. The van der Waals surface area contributed by atoms with Crippen molar-refractivity contribution in [1.29, 1.82) is 0 Å². The van der Waals surface area contributed by atoms with Crippen LogP contribution in [0.3, 0.4) is 0 Å². The molecule has 1 rings (SSSR count). The van der Waals surface area contributed by atoms with Gasteiger partial charge in [-0.3, -0.25) is 4.79 Å². The fourth-order valence-electron chi connectivity index (χ4n) is 1.81. The highest BCUT2D eigenvalue weighted by atomic mass is 32.2. The Labute approximate surface area is 95.8 Å². The Bertz CT molecular complexity index is 366. The summed E-state index contributed by atoms with van der Waals surface area (Å²) in [4.78, 5) is 10.9. The molecule has 0 radical (unpaired) electrons. The van der Waals surface area contributed by atoms with Crippen molar-refractivity contribution in [2.24, 2.45) is 11.8 Å². The monoisotopic (exact) mass is 250 g/mol. The molecule has 1 saturated heterocycles. The van der Waals surface area contributed by atoms with Gasteiger partial charge in [0, 0.05) is 19.1 Å². The van der Waals surface area contributed by atoms with E-state index in [1.54, 1.807) is 20.8 Å². The van der Waals surface area contributed by atoms with E-state index in [9.17, 15) is 13.2 Å². The third-order valence-corrected chi connectivity index (χ3v) is 4.37. The third kappa shape index (κ3) is 2.93. The van der Waals surface area contributed by atoms with E-state index >= 15 is 0 Å². The van der Waals surface area contributed by atoms with Crippen LogP contribution in [0.4, 0.5) is 0 Å². The molecule has 1 aliphatic heterocycles. The van der Waals surface area contributed by atoms with Crippen molar-refractivity contribution in [1.82, 2.24) is 9.03 Å². The summed E-state index contributed by atoms with van der Waals surface area (Å²) in [7, 11) is -3.54. The molecule has 94 valence electrons. The molecule has 0 spiro atoms. The van der Waals surface area contributed by atoms with Crippen LogP contribution in [0.25, 0.3) is 0 Å². The fourth-order valence-corrected chi connectivity index (χ4v) is 3.35. The van der Waals surface area contributed by atoms with E-state index in [1.807, 2.05) is 0 Å². The summed E-state index contributed by atoms with van der Waals surface area (Å²) in [6.07, 6.45) is 0. The van der Waals surface area contributed by atoms with Gasteiger partial charge in [-0.25, -0.2) is 0 Å². The van der Waals surface area contributed by atoms with Gasteiger partial charge >= 0.3 is 5.97 Å². The van der Waals surface area contributed by atoms with E-state index in [4.69, 9.17) is 5.11 Å². The molecule has 1 fully saturated rings. The van der Waals surface area contributed by atoms with Gasteiger partial charge in [0.1, 0.15) is 0 Å². The number of hydrogen-bond donors (Lipinski definition) is 2. The summed E-state index contributed by atoms with van der Waals surface area (Å²) < 4.78 is 27.2. The van der Waals surface area contributed by atoms with Gasteiger partial charge in [0.2, 0.25) is 0 Å².